The third kappa shape index (κ3) is 2.60. The van der Waals surface area contributed by atoms with Crippen molar-refractivity contribution in [1.29, 1.82) is 0 Å². The fourth-order valence-corrected chi connectivity index (χ4v) is 2.01. The summed E-state index contributed by atoms with van der Waals surface area (Å²) in [7, 11) is 1.78. The predicted molar refractivity (Wildman–Crippen MR) is 77.1 cm³/mol. The van der Waals surface area contributed by atoms with Crippen LogP contribution in [0.15, 0.2) is 22.7 Å². The molecule has 0 bridgehead atoms. The molecule has 0 aromatic carbocycles. The number of aryl methyl sites for hydroxylation is 3. The Kier molecular flexibility index (Phi) is 3.45. The number of carbonyl (C=O) groups excluding carboxylic acids is 1. The second-order valence-corrected chi connectivity index (χ2v) is 4.72. The lowest BCUT2D eigenvalue weighted by molar-refractivity contribution is 0.101. The van der Waals surface area contributed by atoms with Crippen molar-refractivity contribution in [2.24, 2.45) is 7.05 Å². The van der Waals surface area contributed by atoms with Gasteiger partial charge in [0.1, 0.15) is 5.69 Å². The van der Waals surface area contributed by atoms with E-state index < -0.39 is 5.91 Å². The van der Waals surface area contributed by atoms with Crippen LogP contribution in [0.1, 0.15) is 23.1 Å². The van der Waals surface area contributed by atoms with Crippen molar-refractivity contribution in [2.45, 2.75) is 20.4 Å². The Bertz CT molecular complexity index is 814. The van der Waals surface area contributed by atoms with Gasteiger partial charge in [0, 0.05) is 19.8 Å². The van der Waals surface area contributed by atoms with Crippen LogP contribution in [0.4, 0.5) is 6.01 Å². The van der Waals surface area contributed by atoms with Gasteiger partial charge in [-0.1, -0.05) is 5.10 Å². The molecule has 0 aliphatic heterocycles. The van der Waals surface area contributed by atoms with Crippen molar-refractivity contribution in [3.63, 3.8) is 0 Å². The normalized spacial score (nSPS) is 10.9. The van der Waals surface area contributed by atoms with Crippen molar-refractivity contribution in [2.75, 3.05) is 5.32 Å². The minimum absolute atomic E-state index is 0.0184. The minimum Gasteiger partial charge on any atom is -0.401 e. The summed E-state index contributed by atoms with van der Waals surface area (Å²) in [6, 6.07) is 3.47. The molecule has 1 amide bonds. The first-order valence-electron chi connectivity index (χ1n) is 6.76. The van der Waals surface area contributed by atoms with Gasteiger partial charge in [-0.05, 0) is 26.0 Å². The van der Waals surface area contributed by atoms with Gasteiger partial charge in [0.15, 0.2) is 5.69 Å². The van der Waals surface area contributed by atoms with E-state index in [9.17, 15) is 4.79 Å². The highest BCUT2D eigenvalue weighted by atomic mass is 16.4. The van der Waals surface area contributed by atoms with Crippen molar-refractivity contribution in [1.82, 2.24) is 29.8 Å². The van der Waals surface area contributed by atoms with Crippen LogP contribution < -0.4 is 5.32 Å². The number of nitrogens with zero attached hydrogens (tertiary/aromatic N) is 6. The van der Waals surface area contributed by atoms with E-state index >= 15 is 0 Å². The molecule has 0 aliphatic carbocycles. The summed E-state index contributed by atoms with van der Waals surface area (Å²) >= 11 is 0. The Balaban J connectivity index is 1.76. The second kappa shape index (κ2) is 5.43. The van der Waals surface area contributed by atoms with Crippen LogP contribution >= 0.6 is 0 Å². The molecule has 0 aliphatic rings. The summed E-state index contributed by atoms with van der Waals surface area (Å²) in [6.45, 7) is 4.50. The Morgan fingerprint density at radius 1 is 1.36 bits per heavy atom. The van der Waals surface area contributed by atoms with Crippen molar-refractivity contribution in [3.05, 3.63) is 29.7 Å². The number of carbonyl (C=O) groups is 1. The smallest absolute Gasteiger partial charge is 0.322 e. The monoisotopic (exact) mass is 301 g/mol. The molecule has 114 valence electrons. The van der Waals surface area contributed by atoms with Crippen LogP contribution in [0.2, 0.25) is 0 Å². The maximum atomic E-state index is 12.0. The van der Waals surface area contributed by atoms with Gasteiger partial charge >= 0.3 is 6.01 Å². The number of anilines is 1. The number of hydrogen-bond acceptors (Lipinski definition) is 6. The molecule has 0 unspecified atom stereocenters. The fourth-order valence-electron chi connectivity index (χ4n) is 2.01. The quantitative estimate of drug-likeness (QED) is 0.777. The number of amides is 1. The molecule has 0 fully saturated rings. The minimum atomic E-state index is -0.399. The van der Waals surface area contributed by atoms with Crippen LogP contribution in [-0.2, 0) is 13.6 Å². The van der Waals surface area contributed by atoms with E-state index in [2.05, 4.69) is 25.7 Å². The van der Waals surface area contributed by atoms with Gasteiger partial charge < -0.3 is 4.42 Å². The lowest BCUT2D eigenvalue weighted by atomic mass is 10.4. The molecule has 9 nitrogen and oxygen atoms in total. The van der Waals surface area contributed by atoms with Gasteiger partial charge in [-0.2, -0.15) is 10.2 Å². The average Bonchev–Trinajstić information content (AvgIpc) is 3.18. The molecular formula is C13H15N7O2. The molecule has 0 radical (unpaired) electrons. The molecule has 1 N–H and O–H groups in total. The highest BCUT2D eigenvalue weighted by Gasteiger charge is 2.16. The molecule has 3 aromatic heterocycles. The first kappa shape index (κ1) is 14.0. The van der Waals surface area contributed by atoms with Crippen molar-refractivity contribution >= 4 is 11.9 Å². The van der Waals surface area contributed by atoms with E-state index in [-0.39, 0.29) is 17.6 Å². The van der Waals surface area contributed by atoms with Gasteiger partial charge in [0.2, 0.25) is 0 Å². The van der Waals surface area contributed by atoms with Crippen LogP contribution in [0.25, 0.3) is 11.6 Å². The second-order valence-electron chi connectivity index (χ2n) is 4.72. The van der Waals surface area contributed by atoms with Crippen LogP contribution in [0, 0.1) is 6.92 Å². The van der Waals surface area contributed by atoms with E-state index in [1.165, 1.54) is 0 Å². The summed E-state index contributed by atoms with van der Waals surface area (Å²) < 4.78 is 8.74. The zero-order valence-electron chi connectivity index (χ0n) is 12.4. The topological polar surface area (TPSA) is 104 Å². The van der Waals surface area contributed by atoms with Crippen LogP contribution in [0.5, 0.6) is 0 Å². The molecule has 3 rings (SSSR count). The third-order valence-corrected chi connectivity index (χ3v) is 3.06. The van der Waals surface area contributed by atoms with Crippen LogP contribution in [-0.4, -0.2) is 35.7 Å². The van der Waals surface area contributed by atoms with Gasteiger partial charge in [-0.3, -0.25) is 19.5 Å². The maximum absolute atomic E-state index is 12.0. The first-order chi connectivity index (χ1) is 10.6. The number of nitrogens with one attached hydrogen (secondary N) is 1. The number of hydrogen-bond donors (Lipinski definition) is 1. The highest BCUT2D eigenvalue weighted by Crippen LogP contribution is 2.20. The molecule has 0 saturated carbocycles. The van der Waals surface area contributed by atoms with Gasteiger partial charge in [0.05, 0.1) is 5.69 Å². The van der Waals surface area contributed by atoms with Crippen molar-refractivity contribution < 1.29 is 9.21 Å². The molecule has 3 aromatic rings. The summed E-state index contributed by atoms with van der Waals surface area (Å²) in [5.74, 6) is -0.110. The average molecular weight is 301 g/mol. The van der Waals surface area contributed by atoms with Gasteiger partial charge in [-0.25, -0.2) is 0 Å². The van der Waals surface area contributed by atoms with Crippen molar-refractivity contribution in [3.8, 4) is 11.6 Å². The molecule has 3 heterocycles. The van der Waals surface area contributed by atoms with E-state index in [0.29, 0.717) is 12.2 Å². The van der Waals surface area contributed by atoms with Gasteiger partial charge in [0.25, 0.3) is 11.8 Å². The lowest BCUT2D eigenvalue weighted by Gasteiger charge is -1.97. The Morgan fingerprint density at radius 3 is 2.82 bits per heavy atom. The van der Waals surface area contributed by atoms with E-state index in [1.54, 1.807) is 28.7 Å². The fraction of sp³-hybridized carbons (Fsp3) is 0.308. The Labute approximate surface area is 125 Å². The summed E-state index contributed by atoms with van der Waals surface area (Å²) in [5.41, 5.74) is 1.81. The zero-order valence-corrected chi connectivity index (χ0v) is 12.4. The summed E-state index contributed by atoms with van der Waals surface area (Å²) in [6.07, 6.45) is 1.73. The summed E-state index contributed by atoms with van der Waals surface area (Å²) in [5, 5.41) is 18.6. The Hall–Kier alpha value is -2.97. The van der Waals surface area contributed by atoms with E-state index in [4.69, 9.17) is 4.42 Å². The molecule has 22 heavy (non-hydrogen) atoms. The number of rotatable bonds is 4. The first-order valence-corrected chi connectivity index (χ1v) is 6.76. The van der Waals surface area contributed by atoms with E-state index in [0.717, 1.165) is 5.69 Å². The lowest BCUT2D eigenvalue weighted by Crippen LogP contribution is -2.13. The molecule has 0 spiro atoms. The zero-order chi connectivity index (χ0) is 15.7. The highest BCUT2D eigenvalue weighted by molar-refractivity contribution is 6.01. The SMILES string of the molecule is CCn1ccc(C(=O)Nc2nnc(-c3cc(C)nn3C)o2)n1. The number of aromatic nitrogens is 6. The summed E-state index contributed by atoms with van der Waals surface area (Å²) in [4.78, 5) is 12.0. The third-order valence-electron chi connectivity index (χ3n) is 3.06. The Morgan fingerprint density at radius 2 is 2.18 bits per heavy atom. The molecular weight excluding hydrogens is 286 g/mol. The molecule has 0 saturated heterocycles. The van der Waals surface area contributed by atoms with Crippen LogP contribution in [0.3, 0.4) is 0 Å². The predicted octanol–water partition coefficient (Wildman–Crippen LogP) is 1.25. The largest absolute Gasteiger partial charge is 0.401 e. The molecule has 0 atom stereocenters. The maximum Gasteiger partial charge on any atom is 0.322 e. The van der Waals surface area contributed by atoms with E-state index in [1.807, 2.05) is 19.9 Å². The standard InChI is InChI=1S/C13H15N7O2/c1-4-20-6-5-9(18-20)11(21)14-13-16-15-12(22-13)10-7-8(2)17-19(10)3/h5-7H,4H2,1-3H3,(H,14,16,21). The molecule has 9 heteroatoms. The van der Waals surface area contributed by atoms with Gasteiger partial charge in [-0.15, -0.1) is 5.10 Å².